The van der Waals surface area contributed by atoms with Crippen molar-refractivity contribution >= 4 is 34.1 Å². The second-order valence-corrected chi connectivity index (χ2v) is 5.86. The van der Waals surface area contributed by atoms with Crippen molar-refractivity contribution in [2.24, 2.45) is 0 Å². The highest BCUT2D eigenvalue weighted by Gasteiger charge is 2.10. The fraction of sp³-hybridized carbons (Fsp3) is 0.111. The van der Waals surface area contributed by atoms with Gasteiger partial charge in [0.2, 0.25) is 5.91 Å². The molecule has 8 nitrogen and oxygen atoms in total. The third kappa shape index (κ3) is 2.88. The van der Waals surface area contributed by atoms with Crippen LogP contribution in [0.5, 0.6) is 0 Å². The van der Waals surface area contributed by atoms with Gasteiger partial charge in [0.1, 0.15) is 12.9 Å². The molecule has 4 aromatic rings. The molecule has 0 fully saturated rings. The van der Waals surface area contributed by atoms with E-state index in [-0.39, 0.29) is 18.4 Å². The highest BCUT2D eigenvalue weighted by molar-refractivity contribution is 6.05. The predicted molar refractivity (Wildman–Crippen MR) is 96.9 cm³/mol. The summed E-state index contributed by atoms with van der Waals surface area (Å²) in [5, 5.41) is 14.2. The average Bonchev–Trinajstić information content (AvgIpc) is 3.27. The van der Waals surface area contributed by atoms with Gasteiger partial charge in [-0.2, -0.15) is 0 Å². The van der Waals surface area contributed by atoms with E-state index in [1.54, 1.807) is 36.1 Å². The number of fused-ring (bicyclic) bond motifs is 2. The normalized spacial score (nSPS) is 11.0. The van der Waals surface area contributed by atoms with Crippen LogP contribution in [0, 0.1) is 0 Å². The number of amides is 2. The van der Waals surface area contributed by atoms with E-state index in [9.17, 15) is 9.59 Å². The summed E-state index contributed by atoms with van der Waals surface area (Å²) >= 11 is 0. The molecule has 0 radical (unpaired) electrons. The third-order valence-corrected chi connectivity index (χ3v) is 4.18. The number of benzene rings is 1. The molecule has 2 amide bonds. The van der Waals surface area contributed by atoms with Gasteiger partial charge in [-0.1, -0.05) is 6.07 Å². The van der Waals surface area contributed by atoms with Crippen LogP contribution in [-0.4, -0.2) is 38.0 Å². The Labute approximate surface area is 148 Å². The summed E-state index contributed by atoms with van der Waals surface area (Å²) in [6, 6.07) is 11.0. The Morgan fingerprint density at radius 2 is 2.04 bits per heavy atom. The van der Waals surface area contributed by atoms with Gasteiger partial charge in [0.25, 0.3) is 5.91 Å². The maximum atomic E-state index is 12.5. The molecule has 0 saturated heterocycles. The van der Waals surface area contributed by atoms with Gasteiger partial charge in [-0.15, -0.1) is 10.2 Å². The van der Waals surface area contributed by atoms with Crippen molar-refractivity contribution in [2.45, 2.75) is 6.54 Å². The molecule has 0 spiro atoms. The molecule has 0 unspecified atom stereocenters. The SMILES string of the molecule is CNC(=O)Cn1ccc2ccc(NC(=O)c3ccc4nncn4c3)cc21. The van der Waals surface area contributed by atoms with E-state index in [1.807, 2.05) is 35.0 Å². The van der Waals surface area contributed by atoms with E-state index in [2.05, 4.69) is 20.8 Å². The van der Waals surface area contributed by atoms with Crippen LogP contribution >= 0.6 is 0 Å². The molecule has 0 aliphatic carbocycles. The van der Waals surface area contributed by atoms with Crippen molar-refractivity contribution < 1.29 is 9.59 Å². The van der Waals surface area contributed by atoms with Crippen LogP contribution in [0.4, 0.5) is 5.69 Å². The highest BCUT2D eigenvalue weighted by atomic mass is 16.2. The van der Waals surface area contributed by atoms with Crippen LogP contribution in [-0.2, 0) is 11.3 Å². The minimum Gasteiger partial charge on any atom is -0.358 e. The van der Waals surface area contributed by atoms with Crippen LogP contribution in [0.1, 0.15) is 10.4 Å². The first-order chi connectivity index (χ1) is 12.6. The van der Waals surface area contributed by atoms with E-state index in [0.29, 0.717) is 16.9 Å². The number of aromatic nitrogens is 4. The molecule has 8 heteroatoms. The zero-order valence-corrected chi connectivity index (χ0v) is 14.0. The zero-order valence-electron chi connectivity index (χ0n) is 14.0. The Bertz CT molecular complexity index is 1130. The van der Waals surface area contributed by atoms with Crippen LogP contribution in [0.2, 0.25) is 0 Å². The summed E-state index contributed by atoms with van der Waals surface area (Å²) in [5.74, 6) is -0.316. The average molecular weight is 348 g/mol. The fourth-order valence-corrected chi connectivity index (χ4v) is 2.80. The number of pyridine rings is 1. The van der Waals surface area contributed by atoms with E-state index in [1.165, 1.54) is 0 Å². The lowest BCUT2D eigenvalue weighted by molar-refractivity contribution is -0.121. The molecule has 0 aliphatic heterocycles. The maximum Gasteiger partial charge on any atom is 0.257 e. The number of carbonyl (C=O) groups excluding carboxylic acids is 2. The van der Waals surface area contributed by atoms with Gasteiger partial charge < -0.3 is 15.2 Å². The molecular formula is C18H16N6O2. The van der Waals surface area contributed by atoms with Crippen LogP contribution in [0.25, 0.3) is 16.6 Å². The Balaban J connectivity index is 1.60. The number of hydrogen-bond acceptors (Lipinski definition) is 4. The lowest BCUT2D eigenvalue weighted by atomic mass is 10.2. The molecule has 3 aromatic heterocycles. The van der Waals surface area contributed by atoms with Crippen molar-refractivity contribution in [1.82, 2.24) is 24.5 Å². The monoisotopic (exact) mass is 348 g/mol. The van der Waals surface area contributed by atoms with Gasteiger partial charge in [0.05, 0.1) is 11.1 Å². The standard InChI is InChI=1S/C18H16N6O2/c1-19-17(25)10-23-7-6-12-2-4-14(8-15(12)23)21-18(26)13-3-5-16-22-20-11-24(16)9-13/h2-9,11H,10H2,1H3,(H,19,25)(H,21,26). The van der Waals surface area contributed by atoms with Crippen LogP contribution in [0.3, 0.4) is 0 Å². The summed E-state index contributed by atoms with van der Waals surface area (Å²) in [6.45, 7) is 0.224. The van der Waals surface area contributed by atoms with Gasteiger partial charge in [-0.05, 0) is 35.7 Å². The van der Waals surface area contributed by atoms with Gasteiger partial charge in [-0.25, -0.2) is 0 Å². The predicted octanol–water partition coefficient (Wildman–Crippen LogP) is 1.68. The van der Waals surface area contributed by atoms with E-state index < -0.39 is 0 Å². The first-order valence-electron chi connectivity index (χ1n) is 8.04. The minimum atomic E-state index is -0.232. The number of carbonyl (C=O) groups is 2. The molecule has 0 bridgehead atoms. The number of hydrogen-bond donors (Lipinski definition) is 2. The molecule has 0 atom stereocenters. The van der Waals surface area contributed by atoms with Gasteiger partial charge in [-0.3, -0.25) is 14.0 Å². The van der Waals surface area contributed by atoms with Gasteiger partial charge >= 0.3 is 0 Å². The first kappa shape index (κ1) is 15.8. The second kappa shape index (κ2) is 6.32. The van der Waals surface area contributed by atoms with Crippen molar-refractivity contribution in [1.29, 1.82) is 0 Å². The second-order valence-electron chi connectivity index (χ2n) is 5.86. The Morgan fingerprint density at radius 3 is 2.88 bits per heavy atom. The van der Waals surface area contributed by atoms with Gasteiger partial charge in [0, 0.05) is 25.1 Å². The Morgan fingerprint density at radius 1 is 1.15 bits per heavy atom. The van der Waals surface area contributed by atoms with Crippen molar-refractivity contribution in [3.63, 3.8) is 0 Å². The lowest BCUT2D eigenvalue weighted by Crippen LogP contribution is -2.23. The molecular weight excluding hydrogens is 332 g/mol. The molecule has 26 heavy (non-hydrogen) atoms. The summed E-state index contributed by atoms with van der Waals surface area (Å²) < 4.78 is 3.53. The molecule has 130 valence electrons. The van der Waals surface area contributed by atoms with Crippen LogP contribution in [0.15, 0.2) is 55.1 Å². The van der Waals surface area contributed by atoms with Gasteiger partial charge in [0.15, 0.2) is 5.65 Å². The van der Waals surface area contributed by atoms with Crippen LogP contribution < -0.4 is 10.6 Å². The zero-order chi connectivity index (χ0) is 18.1. The van der Waals surface area contributed by atoms with E-state index >= 15 is 0 Å². The third-order valence-electron chi connectivity index (χ3n) is 4.18. The Hall–Kier alpha value is -3.68. The smallest absolute Gasteiger partial charge is 0.257 e. The Kier molecular flexibility index (Phi) is 3.85. The molecule has 0 aliphatic rings. The number of anilines is 1. The molecule has 3 heterocycles. The van der Waals surface area contributed by atoms with Crippen molar-refractivity contribution in [3.8, 4) is 0 Å². The summed E-state index contributed by atoms with van der Waals surface area (Å²) in [4.78, 5) is 24.2. The number of nitrogens with zero attached hydrogens (tertiary/aromatic N) is 4. The summed E-state index contributed by atoms with van der Waals surface area (Å²) in [7, 11) is 1.60. The molecule has 2 N–H and O–H groups in total. The fourth-order valence-electron chi connectivity index (χ4n) is 2.80. The van der Waals surface area contributed by atoms with E-state index in [0.717, 1.165) is 10.9 Å². The first-order valence-corrected chi connectivity index (χ1v) is 8.04. The lowest BCUT2D eigenvalue weighted by Gasteiger charge is -2.08. The van der Waals surface area contributed by atoms with Crippen molar-refractivity contribution in [2.75, 3.05) is 12.4 Å². The summed E-state index contributed by atoms with van der Waals surface area (Å²) in [6.07, 6.45) is 5.08. The van der Waals surface area contributed by atoms with E-state index in [4.69, 9.17) is 0 Å². The molecule has 4 rings (SSSR count). The highest BCUT2D eigenvalue weighted by Crippen LogP contribution is 2.21. The van der Waals surface area contributed by atoms with Crippen molar-refractivity contribution in [3.05, 3.63) is 60.7 Å². The molecule has 0 saturated carbocycles. The topological polar surface area (TPSA) is 93.3 Å². The quantitative estimate of drug-likeness (QED) is 0.587. The maximum absolute atomic E-state index is 12.5. The largest absolute Gasteiger partial charge is 0.358 e. The minimum absolute atomic E-state index is 0.0841. The number of rotatable bonds is 4. The number of nitrogens with one attached hydrogen (secondary N) is 2. The summed E-state index contributed by atoms with van der Waals surface area (Å²) in [5.41, 5.74) is 2.71. The molecule has 1 aromatic carbocycles. The number of likely N-dealkylation sites (N-methyl/N-ethyl adjacent to an activating group) is 1.